The first-order valence-electron chi connectivity index (χ1n) is 6.19. The summed E-state index contributed by atoms with van der Waals surface area (Å²) in [6, 6.07) is 1.61. The van der Waals surface area contributed by atoms with E-state index in [1.54, 1.807) is 12.3 Å². The Morgan fingerprint density at radius 3 is 3.05 bits per heavy atom. The summed E-state index contributed by atoms with van der Waals surface area (Å²) in [5.74, 6) is 0.524. The number of aromatic nitrogens is 1. The maximum Gasteiger partial charge on any atom is 0.171 e. The second kappa shape index (κ2) is 6.08. The van der Waals surface area contributed by atoms with Crippen LogP contribution < -0.4 is 10.6 Å². The number of amidine groups is 1. The van der Waals surface area contributed by atoms with Crippen molar-refractivity contribution in [3.63, 3.8) is 0 Å². The molecule has 0 spiro atoms. The smallest absolute Gasteiger partial charge is 0.171 e. The van der Waals surface area contributed by atoms with Crippen molar-refractivity contribution in [2.24, 2.45) is 10.9 Å². The third-order valence-electron chi connectivity index (χ3n) is 3.36. The van der Waals surface area contributed by atoms with Crippen LogP contribution in [0.3, 0.4) is 0 Å². The lowest BCUT2D eigenvalue weighted by Gasteiger charge is -2.36. The summed E-state index contributed by atoms with van der Waals surface area (Å²) in [7, 11) is 0. The molecule has 7 heteroatoms. The van der Waals surface area contributed by atoms with Crippen LogP contribution in [-0.4, -0.2) is 40.3 Å². The number of halogens is 1. The minimum Gasteiger partial charge on any atom is -0.409 e. The van der Waals surface area contributed by atoms with Gasteiger partial charge in [-0.2, -0.15) is 0 Å². The molecule has 0 aliphatic carbocycles. The van der Waals surface area contributed by atoms with Crippen molar-refractivity contribution in [1.82, 2.24) is 4.98 Å². The third kappa shape index (κ3) is 2.74. The Labute approximate surface area is 116 Å². The minimum atomic E-state index is -0.0498. The lowest BCUT2D eigenvalue weighted by Crippen LogP contribution is -2.42. The number of anilines is 1. The average Bonchev–Trinajstić information content (AvgIpc) is 2.46. The predicted molar refractivity (Wildman–Crippen MR) is 73.8 cm³/mol. The molecule has 0 bridgehead atoms. The molecule has 19 heavy (non-hydrogen) atoms. The van der Waals surface area contributed by atoms with E-state index in [1.165, 1.54) is 0 Å². The molecule has 1 aromatic heterocycles. The number of nitrogens with zero attached hydrogens (tertiary/aromatic N) is 3. The van der Waals surface area contributed by atoms with Gasteiger partial charge in [-0.25, -0.2) is 4.98 Å². The molecule has 1 saturated heterocycles. The fraction of sp³-hybridized carbons (Fsp3) is 0.500. The normalized spacial score (nSPS) is 20.6. The Morgan fingerprint density at radius 2 is 2.37 bits per heavy atom. The fourth-order valence-electron chi connectivity index (χ4n) is 2.35. The summed E-state index contributed by atoms with van der Waals surface area (Å²) < 4.78 is 0. The summed E-state index contributed by atoms with van der Waals surface area (Å²) in [6.45, 7) is 0.851. The zero-order valence-electron chi connectivity index (χ0n) is 10.5. The fourth-order valence-corrected chi connectivity index (χ4v) is 2.67. The van der Waals surface area contributed by atoms with Gasteiger partial charge < -0.3 is 20.9 Å². The Morgan fingerprint density at radius 1 is 1.58 bits per heavy atom. The van der Waals surface area contributed by atoms with Gasteiger partial charge in [0, 0.05) is 18.3 Å². The second-order valence-electron chi connectivity index (χ2n) is 4.51. The first-order chi connectivity index (χ1) is 9.19. The Bertz CT molecular complexity index is 481. The summed E-state index contributed by atoms with van der Waals surface area (Å²) in [5.41, 5.74) is 6.02. The summed E-state index contributed by atoms with van der Waals surface area (Å²) in [5, 5.41) is 21.5. The summed E-state index contributed by atoms with van der Waals surface area (Å²) >= 11 is 6.28. The number of nitrogens with two attached hydrogens (primary N) is 1. The van der Waals surface area contributed by atoms with Gasteiger partial charge in [0.15, 0.2) is 5.84 Å². The Balaban J connectivity index is 2.39. The topological polar surface area (TPSA) is 95.0 Å². The van der Waals surface area contributed by atoms with Gasteiger partial charge in [-0.15, -0.1) is 0 Å². The molecule has 2 heterocycles. The lowest BCUT2D eigenvalue weighted by molar-refractivity contribution is 0.239. The van der Waals surface area contributed by atoms with Crippen LogP contribution in [0.4, 0.5) is 5.82 Å². The van der Waals surface area contributed by atoms with E-state index in [0.717, 1.165) is 25.8 Å². The maximum atomic E-state index is 9.44. The number of oxime groups is 1. The van der Waals surface area contributed by atoms with Crippen molar-refractivity contribution in [3.05, 3.63) is 22.8 Å². The quantitative estimate of drug-likeness (QED) is 0.335. The molecule has 1 unspecified atom stereocenters. The van der Waals surface area contributed by atoms with E-state index in [1.807, 2.05) is 4.90 Å². The SMILES string of the molecule is N/C(=N/O)c1ccnc(N2CCCCC2CO)c1Cl. The summed E-state index contributed by atoms with van der Waals surface area (Å²) in [6.07, 6.45) is 4.58. The van der Waals surface area contributed by atoms with Gasteiger partial charge in [-0.1, -0.05) is 16.8 Å². The molecule has 104 valence electrons. The number of aliphatic hydroxyl groups excluding tert-OH is 1. The highest BCUT2D eigenvalue weighted by Crippen LogP contribution is 2.31. The highest BCUT2D eigenvalue weighted by molar-refractivity contribution is 6.36. The molecule has 1 atom stereocenters. The summed E-state index contributed by atoms with van der Waals surface area (Å²) in [4.78, 5) is 6.25. The number of rotatable bonds is 3. The maximum absolute atomic E-state index is 9.44. The largest absolute Gasteiger partial charge is 0.409 e. The molecular formula is C12H17ClN4O2. The first kappa shape index (κ1) is 13.9. The van der Waals surface area contributed by atoms with Crippen molar-refractivity contribution in [1.29, 1.82) is 0 Å². The molecule has 0 saturated carbocycles. The third-order valence-corrected chi connectivity index (χ3v) is 3.74. The highest BCUT2D eigenvalue weighted by Gasteiger charge is 2.25. The molecule has 1 aliphatic rings. The van der Waals surface area contributed by atoms with Crippen LogP contribution in [0.15, 0.2) is 17.4 Å². The van der Waals surface area contributed by atoms with Crippen LogP contribution in [-0.2, 0) is 0 Å². The molecule has 1 aromatic rings. The Hall–Kier alpha value is -1.53. The number of hydrogen-bond acceptors (Lipinski definition) is 5. The van der Waals surface area contributed by atoms with Crippen molar-refractivity contribution in [3.8, 4) is 0 Å². The van der Waals surface area contributed by atoms with E-state index >= 15 is 0 Å². The van der Waals surface area contributed by atoms with Gasteiger partial charge in [0.25, 0.3) is 0 Å². The standard InChI is InChI=1S/C12H17ClN4O2/c13-10-9(11(14)16-19)4-5-15-12(10)17-6-2-1-3-8(17)7-18/h4-5,8,18-19H,1-3,6-7H2,(H2,14,16). The van der Waals surface area contributed by atoms with Crippen LogP contribution in [0.5, 0.6) is 0 Å². The molecule has 6 nitrogen and oxygen atoms in total. The predicted octanol–water partition coefficient (Wildman–Crippen LogP) is 1.18. The van der Waals surface area contributed by atoms with Crippen LogP contribution in [0, 0.1) is 0 Å². The van der Waals surface area contributed by atoms with Gasteiger partial charge in [0.1, 0.15) is 5.82 Å². The van der Waals surface area contributed by atoms with Crippen LogP contribution in [0.1, 0.15) is 24.8 Å². The van der Waals surface area contributed by atoms with Gasteiger partial charge in [0.05, 0.1) is 17.7 Å². The van der Waals surface area contributed by atoms with E-state index in [2.05, 4.69) is 10.1 Å². The van der Waals surface area contributed by atoms with E-state index in [9.17, 15) is 5.11 Å². The Kier molecular flexibility index (Phi) is 4.44. The number of aliphatic hydroxyl groups is 1. The van der Waals surface area contributed by atoms with Crippen molar-refractivity contribution in [2.75, 3.05) is 18.1 Å². The minimum absolute atomic E-state index is 0.0151. The molecule has 1 fully saturated rings. The average molecular weight is 285 g/mol. The van der Waals surface area contributed by atoms with Gasteiger partial charge in [0.2, 0.25) is 0 Å². The van der Waals surface area contributed by atoms with Crippen molar-refractivity contribution >= 4 is 23.3 Å². The van der Waals surface area contributed by atoms with Crippen molar-refractivity contribution in [2.45, 2.75) is 25.3 Å². The van der Waals surface area contributed by atoms with E-state index < -0.39 is 0 Å². The second-order valence-corrected chi connectivity index (χ2v) is 4.88. The van der Waals surface area contributed by atoms with E-state index in [0.29, 0.717) is 16.4 Å². The number of pyridine rings is 1. The molecule has 0 amide bonds. The van der Waals surface area contributed by atoms with Crippen molar-refractivity contribution < 1.29 is 10.3 Å². The van der Waals surface area contributed by atoms with E-state index in [4.69, 9.17) is 22.5 Å². The molecule has 0 aromatic carbocycles. The molecule has 2 rings (SSSR count). The van der Waals surface area contributed by atoms with Crippen LogP contribution in [0.2, 0.25) is 5.02 Å². The zero-order valence-corrected chi connectivity index (χ0v) is 11.2. The van der Waals surface area contributed by atoms with Crippen LogP contribution in [0.25, 0.3) is 0 Å². The van der Waals surface area contributed by atoms with Gasteiger partial charge in [-0.3, -0.25) is 0 Å². The number of hydrogen-bond donors (Lipinski definition) is 3. The molecule has 4 N–H and O–H groups in total. The highest BCUT2D eigenvalue weighted by atomic mass is 35.5. The lowest BCUT2D eigenvalue weighted by atomic mass is 10.0. The molecule has 0 radical (unpaired) electrons. The first-order valence-corrected chi connectivity index (χ1v) is 6.56. The van der Waals surface area contributed by atoms with Gasteiger partial charge in [-0.05, 0) is 25.3 Å². The molecular weight excluding hydrogens is 268 g/mol. The monoisotopic (exact) mass is 284 g/mol. The van der Waals surface area contributed by atoms with Gasteiger partial charge >= 0.3 is 0 Å². The van der Waals surface area contributed by atoms with Crippen LogP contribution >= 0.6 is 11.6 Å². The zero-order chi connectivity index (χ0) is 13.8. The molecule has 1 aliphatic heterocycles. The number of piperidine rings is 1. The van der Waals surface area contributed by atoms with E-state index in [-0.39, 0.29) is 18.5 Å².